The molecule has 2 aliphatic rings. The molecule has 0 aromatic carbocycles. The molecule has 1 amide bonds. The van der Waals surface area contributed by atoms with Gasteiger partial charge in [-0.25, -0.2) is 9.78 Å². The number of hydrogen-bond acceptors (Lipinski definition) is 4. The number of thiazole rings is 1. The van der Waals surface area contributed by atoms with Crippen molar-refractivity contribution < 1.29 is 14.7 Å². The Bertz CT molecular complexity index is 856. The lowest BCUT2D eigenvalue weighted by molar-refractivity contribution is -0.141. The second-order valence-corrected chi connectivity index (χ2v) is 8.45. The van der Waals surface area contributed by atoms with Crippen molar-refractivity contribution in [1.29, 1.82) is 0 Å². The Balaban J connectivity index is 1.67. The number of rotatable bonds is 3. The van der Waals surface area contributed by atoms with E-state index >= 15 is 0 Å². The van der Waals surface area contributed by atoms with Crippen LogP contribution in [0.2, 0.25) is 0 Å². The van der Waals surface area contributed by atoms with Gasteiger partial charge < -0.3 is 14.6 Å². The number of aliphatic carboxylic acids is 1. The van der Waals surface area contributed by atoms with Crippen molar-refractivity contribution in [2.45, 2.75) is 51.1 Å². The molecule has 3 heterocycles. The highest BCUT2D eigenvalue weighted by atomic mass is 32.1. The predicted molar refractivity (Wildman–Crippen MR) is 99.2 cm³/mol. The Hall–Kier alpha value is -2.15. The van der Waals surface area contributed by atoms with Gasteiger partial charge >= 0.3 is 5.97 Å². The number of likely N-dealkylation sites (tertiary alicyclic amines) is 1. The molecular weight excluding hydrogens is 350 g/mol. The van der Waals surface area contributed by atoms with Crippen LogP contribution in [-0.4, -0.2) is 43.5 Å². The third kappa shape index (κ3) is 2.84. The Labute approximate surface area is 156 Å². The van der Waals surface area contributed by atoms with Gasteiger partial charge in [-0.2, -0.15) is 0 Å². The standard InChI is InChI=1S/C19H23N3O3S/c1-11-20-14(10-26-11)13-8-16(21(2)9-13)18(23)22-15-6-4-3-5-12(15)7-17(22)19(24)25/h8-10,12,15,17H,3-7H2,1-2H3,(H,24,25)/t12-,15+,17-/m0/s1. The van der Waals surface area contributed by atoms with E-state index in [2.05, 4.69) is 4.98 Å². The fraction of sp³-hybridized carbons (Fsp3) is 0.526. The van der Waals surface area contributed by atoms with E-state index in [0.717, 1.165) is 41.9 Å². The molecule has 1 aliphatic heterocycles. The molecule has 1 aliphatic carbocycles. The Morgan fingerprint density at radius 3 is 2.77 bits per heavy atom. The van der Waals surface area contributed by atoms with Crippen molar-refractivity contribution in [1.82, 2.24) is 14.5 Å². The molecule has 1 saturated carbocycles. The minimum Gasteiger partial charge on any atom is -0.480 e. The quantitative estimate of drug-likeness (QED) is 0.896. The first-order valence-electron chi connectivity index (χ1n) is 9.10. The summed E-state index contributed by atoms with van der Waals surface area (Å²) in [6, 6.07) is 1.18. The van der Waals surface area contributed by atoms with Gasteiger partial charge in [0, 0.05) is 30.2 Å². The molecule has 0 radical (unpaired) electrons. The molecule has 3 atom stereocenters. The molecule has 2 aromatic heterocycles. The normalized spacial score (nSPS) is 25.3. The number of carboxylic acid groups (broad SMARTS) is 1. The number of hydrogen-bond donors (Lipinski definition) is 1. The summed E-state index contributed by atoms with van der Waals surface area (Å²) in [6.45, 7) is 1.95. The molecule has 0 unspecified atom stereocenters. The first-order valence-corrected chi connectivity index (χ1v) is 9.98. The first-order chi connectivity index (χ1) is 12.5. The number of aryl methyl sites for hydroxylation is 2. The van der Waals surface area contributed by atoms with Gasteiger partial charge in [0.1, 0.15) is 11.7 Å². The maximum Gasteiger partial charge on any atom is 0.326 e. The molecule has 1 N–H and O–H groups in total. The highest BCUT2D eigenvalue weighted by Crippen LogP contribution is 2.40. The van der Waals surface area contributed by atoms with E-state index in [9.17, 15) is 14.7 Å². The van der Waals surface area contributed by atoms with Crippen LogP contribution in [0.4, 0.5) is 0 Å². The SMILES string of the molecule is Cc1nc(-c2cc(C(=O)N3[C@@H]4CCCC[C@H]4C[C@H]3C(=O)O)n(C)c2)cs1. The third-order valence-corrected chi connectivity index (χ3v) is 6.52. The summed E-state index contributed by atoms with van der Waals surface area (Å²) >= 11 is 1.57. The molecule has 1 saturated heterocycles. The Morgan fingerprint density at radius 2 is 2.08 bits per heavy atom. The smallest absolute Gasteiger partial charge is 0.326 e. The molecule has 4 rings (SSSR count). The highest BCUT2D eigenvalue weighted by molar-refractivity contribution is 7.09. The van der Waals surface area contributed by atoms with Gasteiger partial charge in [0.15, 0.2) is 0 Å². The summed E-state index contributed by atoms with van der Waals surface area (Å²) in [6.07, 6.45) is 6.60. The Kier molecular flexibility index (Phi) is 4.34. The minimum atomic E-state index is -0.891. The molecule has 2 aromatic rings. The molecule has 0 bridgehead atoms. The second-order valence-electron chi connectivity index (χ2n) is 7.39. The van der Waals surface area contributed by atoms with Gasteiger partial charge in [-0.15, -0.1) is 11.3 Å². The van der Waals surface area contributed by atoms with Crippen molar-refractivity contribution in [2.24, 2.45) is 13.0 Å². The lowest BCUT2D eigenvalue weighted by Crippen LogP contribution is -2.46. The predicted octanol–water partition coefficient (Wildman–Crippen LogP) is 3.31. The summed E-state index contributed by atoms with van der Waals surface area (Å²) in [5.74, 6) is -0.750. The number of carbonyl (C=O) groups is 2. The fourth-order valence-corrected chi connectivity index (χ4v) is 5.14. The maximum atomic E-state index is 13.3. The number of amides is 1. The van der Waals surface area contributed by atoms with Gasteiger partial charge in [0.2, 0.25) is 0 Å². The zero-order valence-electron chi connectivity index (χ0n) is 15.0. The molecule has 26 heavy (non-hydrogen) atoms. The van der Waals surface area contributed by atoms with Crippen molar-refractivity contribution in [3.63, 3.8) is 0 Å². The largest absolute Gasteiger partial charge is 0.480 e. The first kappa shape index (κ1) is 17.3. The van der Waals surface area contributed by atoms with Gasteiger partial charge in [0.25, 0.3) is 5.91 Å². The van der Waals surface area contributed by atoms with E-state index in [1.807, 2.05) is 31.6 Å². The number of carboxylic acids is 1. The third-order valence-electron chi connectivity index (χ3n) is 5.75. The summed E-state index contributed by atoms with van der Waals surface area (Å²) in [7, 11) is 1.83. The molecule has 2 fully saturated rings. The Morgan fingerprint density at radius 1 is 1.31 bits per heavy atom. The van der Waals surface area contributed by atoms with Crippen molar-refractivity contribution in [2.75, 3.05) is 0 Å². The monoisotopic (exact) mass is 373 g/mol. The van der Waals surface area contributed by atoms with E-state index in [1.54, 1.807) is 20.8 Å². The summed E-state index contributed by atoms with van der Waals surface area (Å²) in [5, 5.41) is 12.6. The number of aromatic nitrogens is 2. The van der Waals surface area contributed by atoms with Gasteiger partial charge in [-0.05, 0) is 38.2 Å². The van der Waals surface area contributed by atoms with Crippen molar-refractivity contribution in [3.8, 4) is 11.3 Å². The van der Waals surface area contributed by atoms with Crippen molar-refractivity contribution >= 4 is 23.2 Å². The van der Waals surface area contributed by atoms with Crippen LogP contribution in [0.1, 0.15) is 47.6 Å². The van der Waals surface area contributed by atoms with Gasteiger partial charge in [-0.1, -0.05) is 12.8 Å². The van der Waals surface area contributed by atoms with Crippen LogP contribution >= 0.6 is 11.3 Å². The highest BCUT2D eigenvalue weighted by Gasteiger charge is 2.48. The molecular formula is C19H23N3O3S. The van der Waals surface area contributed by atoms with E-state index in [-0.39, 0.29) is 11.9 Å². The van der Waals surface area contributed by atoms with Crippen molar-refractivity contribution in [3.05, 3.63) is 28.3 Å². The molecule has 7 heteroatoms. The van der Waals surface area contributed by atoms with Crippen LogP contribution in [0.5, 0.6) is 0 Å². The fourth-order valence-electron chi connectivity index (χ4n) is 4.52. The second kappa shape index (κ2) is 6.54. The lowest BCUT2D eigenvalue weighted by atomic mass is 9.84. The van der Waals surface area contributed by atoms with Crippen LogP contribution < -0.4 is 0 Å². The average molecular weight is 373 g/mol. The summed E-state index contributed by atoms with van der Waals surface area (Å²) in [4.78, 5) is 31.2. The number of nitrogens with zero attached hydrogens (tertiary/aromatic N) is 3. The summed E-state index contributed by atoms with van der Waals surface area (Å²) in [5.41, 5.74) is 2.28. The van der Waals surface area contributed by atoms with E-state index < -0.39 is 12.0 Å². The van der Waals surface area contributed by atoms with Crippen LogP contribution in [-0.2, 0) is 11.8 Å². The van der Waals surface area contributed by atoms with Crippen LogP contribution in [0.3, 0.4) is 0 Å². The van der Waals surface area contributed by atoms with E-state index in [0.29, 0.717) is 18.0 Å². The topological polar surface area (TPSA) is 75.4 Å². The van der Waals surface area contributed by atoms with E-state index in [4.69, 9.17) is 0 Å². The molecule has 0 spiro atoms. The van der Waals surface area contributed by atoms with Crippen LogP contribution in [0.15, 0.2) is 17.6 Å². The average Bonchev–Trinajstić information content (AvgIpc) is 3.30. The number of carbonyl (C=O) groups excluding carboxylic acids is 1. The molecule has 6 nitrogen and oxygen atoms in total. The maximum absolute atomic E-state index is 13.3. The van der Waals surface area contributed by atoms with Gasteiger partial charge in [0.05, 0.1) is 10.7 Å². The zero-order valence-corrected chi connectivity index (χ0v) is 15.8. The zero-order chi connectivity index (χ0) is 18.4. The van der Waals surface area contributed by atoms with Crippen LogP contribution in [0, 0.1) is 12.8 Å². The van der Waals surface area contributed by atoms with Crippen LogP contribution in [0.25, 0.3) is 11.3 Å². The lowest BCUT2D eigenvalue weighted by Gasteiger charge is -2.33. The minimum absolute atomic E-state index is 0.0530. The summed E-state index contributed by atoms with van der Waals surface area (Å²) < 4.78 is 1.79. The molecule has 138 valence electrons. The van der Waals surface area contributed by atoms with E-state index in [1.165, 1.54) is 0 Å². The van der Waals surface area contributed by atoms with Gasteiger partial charge in [-0.3, -0.25) is 4.79 Å². The number of fused-ring (bicyclic) bond motifs is 1.